The second kappa shape index (κ2) is 7.10. The van der Waals surface area contributed by atoms with Crippen LogP contribution in [0.4, 0.5) is 0 Å². The minimum absolute atomic E-state index is 0.0324. The number of amides is 1. The first-order valence-corrected chi connectivity index (χ1v) is 7.09. The van der Waals surface area contributed by atoms with Crippen molar-refractivity contribution < 1.29 is 9.53 Å². The van der Waals surface area contributed by atoms with Crippen LogP contribution in [0.15, 0.2) is 30.3 Å². The molecule has 0 spiro atoms. The summed E-state index contributed by atoms with van der Waals surface area (Å²) in [6, 6.07) is 8.04. The van der Waals surface area contributed by atoms with E-state index in [4.69, 9.17) is 4.74 Å². The Labute approximate surface area is 120 Å². The summed E-state index contributed by atoms with van der Waals surface area (Å²) in [4.78, 5) is 13.9. The molecule has 4 nitrogen and oxygen atoms in total. The third kappa shape index (κ3) is 3.61. The topological polar surface area (TPSA) is 41.6 Å². The van der Waals surface area contributed by atoms with Crippen LogP contribution in [0.2, 0.25) is 0 Å². The average molecular weight is 274 g/mol. The van der Waals surface area contributed by atoms with Crippen LogP contribution in [-0.2, 0) is 4.79 Å². The summed E-state index contributed by atoms with van der Waals surface area (Å²) in [5, 5.41) is 3.27. The SMILES string of the molecule is CCOc1ccccc1C=CC(=O)N(C)C1CCNC1. The zero-order chi connectivity index (χ0) is 14.4. The summed E-state index contributed by atoms with van der Waals surface area (Å²) in [5.41, 5.74) is 0.931. The number of rotatable bonds is 5. The van der Waals surface area contributed by atoms with Crippen LogP contribution in [0.3, 0.4) is 0 Å². The lowest BCUT2D eigenvalue weighted by molar-refractivity contribution is -0.126. The standard InChI is InChI=1S/C16H22N2O2/c1-3-20-15-7-5-4-6-13(15)8-9-16(19)18(2)14-10-11-17-12-14/h4-9,14,17H,3,10-12H2,1-2H3. The largest absolute Gasteiger partial charge is 0.493 e. The van der Waals surface area contributed by atoms with Crippen molar-refractivity contribution >= 4 is 12.0 Å². The van der Waals surface area contributed by atoms with Crippen LogP contribution in [0.25, 0.3) is 6.08 Å². The fourth-order valence-corrected chi connectivity index (χ4v) is 2.33. The third-order valence-electron chi connectivity index (χ3n) is 3.55. The molecule has 0 aliphatic carbocycles. The van der Waals surface area contributed by atoms with Crippen LogP contribution >= 0.6 is 0 Å². The normalized spacial score (nSPS) is 18.4. The molecule has 2 rings (SSSR count). The molecule has 1 aromatic rings. The molecule has 1 heterocycles. The van der Waals surface area contributed by atoms with Crippen molar-refractivity contribution in [3.63, 3.8) is 0 Å². The van der Waals surface area contributed by atoms with Crippen LogP contribution in [0.5, 0.6) is 5.75 Å². The Bertz CT molecular complexity index is 479. The molecule has 1 saturated heterocycles. The number of nitrogens with zero attached hydrogens (tertiary/aromatic N) is 1. The maximum absolute atomic E-state index is 12.1. The second-order valence-electron chi connectivity index (χ2n) is 4.90. The quantitative estimate of drug-likeness (QED) is 0.834. The van der Waals surface area contributed by atoms with Crippen molar-refractivity contribution in [2.75, 3.05) is 26.7 Å². The first kappa shape index (κ1) is 14.6. The Hall–Kier alpha value is -1.81. The third-order valence-corrected chi connectivity index (χ3v) is 3.55. The highest BCUT2D eigenvalue weighted by Gasteiger charge is 2.21. The van der Waals surface area contributed by atoms with E-state index in [1.54, 1.807) is 11.0 Å². The lowest BCUT2D eigenvalue weighted by Gasteiger charge is -2.22. The molecule has 1 amide bonds. The number of likely N-dealkylation sites (N-methyl/N-ethyl adjacent to an activating group) is 1. The lowest BCUT2D eigenvalue weighted by atomic mass is 10.1. The molecule has 0 saturated carbocycles. The van der Waals surface area contributed by atoms with Crippen molar-refractivity contribution in [3.05, 3.63) is 35.9 Å². The molecule has 1 unspecified atom stereocenters. The maximum atomic E-state index is 12.1. The molecule has 1 fully saturated rings. The van der Waals surface area contributed by atoms with E-state index in [9.17, 15) is 4.79 Å². The summed E-state index contributed by atoms with van der Waals surface area (Å²) in [6.45, 7) is 4.43. The summed E-state index contributed by atoms with van der Waals surface area (Å²) in [5.74, 6) is 0.842. The van der Waals surface area contributed by atoms with Gasteiger partial charge in [-0.2, -0.15) is 0 Å². The number of hydrogen-bond acceptors (Lipinski definition) is 3. The van der Waals surface area contributed by atoms with E-state index in [0.29, 0.717) is 12.6 Å². The number of nitrogens with one attached hydrogen (secondary N) is 1. The summed E-state index contributed by atoms with van der Waals surface area (Å²) in [6.07, 6.45) is 4.47. The molecule has 0 aromatic heterocycles. The first-order valence-electron chi connectivity index (χ1n) is 7.09. The number of hydrogen-bond donors (Lipinski definition) is 1. The number of para-hydroxylation sites is 1. The van der Waals surface area contributed by atoms with Gasteiger partial charge in [0, 0.05) is 31.3 Å². The van der Waals surface area contributed by atoms with Gasteiger partial charge in [-0.3, -0.25) is 4.79 Å². The highest BCUT2D eigenvalue weighted by Crippen LogP contribution is 2.19. The van der Waals surface area contributed by atoms with Crippen molar-refractivity contribution in [2.45, 2.75) is 19.4 Å². The van der Waals surface area contributed by atoms with E-state index >= 15 is 0 Å². The highest BCUT2D eigenvalue weighted by molar-refractivity contribution is 5.92. The molecule has 1 aliphatic heterocycles. The van der Waals surface area contributed by atoms with Gasteiger partial charge in [0.2, 0.25) is 5.91 Å². The molecule has 0 radical (unpaired) electrons. The van der Waals surface area contributed by atoms with E-state index in [1.807, 2.05) is 44.3 Å². The van der Waals surface area contributed by atoms with Crippen LogP contribution in [0, 0.1) is 0 Å². The molecular weight excluding hydrogens is 252 g/mol. The predicted molar refractivity (Wildman–Crippen MR) is 80.7 cm³/mol. The maximum Gasteiger partial charge on any atom is 0.246 e. The van der Waals surface area contributed by atoms with E-state index in [-0.39, 0.29) is 5.91 Å². The van der Waals surface area contributed by atoms with Crippen LogP contribution < -0.4 is 10.1 Å². The summed E-state index contributed by atoms with van der Waals surface area (Å²) >= 11 is 0. The fourth-order valence-electron chi connectivity index (χ4n) is 2.33. The molecule has 0 bridgehead atoms. The van der Waals surface area contributed by atoms with Crippen LogP contribution in [0.1, 0.15) is 18.9 Å². The minimum atomic E-state index is 0.0324. The Morgan fingerprint density at radius 3 is 3.00 bits per heavy atom. The van der Waals surface area contributed by atoms with Crippen molar-refractivity contribution in [1.29, 1.82) is 0 Å². The molecule has 1 aliphatic rings. The van der Waals surface area contributed by atoms with Gasteiger partial charge in [-0.1, -0.05) is 18.2 Å². The van der Waals surface area contributed by atoms with Gasteiger partial charge < -0.3 is 15.0 Å². The van der Waals surface area contributed by atoms with E-state index in [0.717, 1.165) is 30.8 Å². The highest BCUT2D eigenvalue weighted by atomic mass is 16.5. The first-order chi connectivity index (χ1) is 9.72. The van der Waals surface area contributed by atoms with Gasteiger partial charge >= 0.3 is 0 Å². The summed E-state index contributed by atoms with van der Waals surface area (Å²) < 4.78 is 5.54. The molecular formula is C16H22N2O2. The van der Waals surface area contributed by atoms with Crippen LogP contribution in [-0.4, -0.2) is 43.6 Å². The second-order valence-corrected chi connectivity index (χ2v) is 4.90. The minimum Gasteiger partial charge on any atom is -0.493 e. The fraction of sp³-hybridized carbons (Fsp3) is 0.438. The molecule has 1 aromatic carbocycles. The van der Waals surface area contributed by atoms with E-state index < -0.39 is 0 Å². The molecule has 108 valence electrons. The zero-order valence-electron chi connectivity index (χ0n) is 12.1. The van der Waals surface area contributed by atoms with Crippen molar-refractivity contribution in [3.8, 4) is 5.75 Å². The molecule has 1 N–H and O–H groups in total. The van der Waals surface area contributed by atoms with Gasteiger partial charge in [0.05, 0.1) is 6.61 Å². The van der Waals surface area contributed by atoms with Gasteiger partial charge in [-0.15, -0.1) is 0 Å². The van der Waals surface area contributed by atoms with Gasteiger partial charge in [0.1, 0.15) is 5.75 Å². The lowest BCUT2D eigenvalue weighted by Crippen LogP contribution is -2.37. The van der Waals surface area contributed by atoms with Gasteiger partial charge in [-0.25, -0.2) is 0 Å². The molecule has 4 heteroatoms. The van der Waals surface area contributed by atoms with Gasteiger partial charge in [0.15, 0.2) is 0 Å². The number of carbonyl (C=O) groups is 1. The van der Waals surface area contributed by atoms with E-state index in [1.165, 1.54) is 0 Å². The zero-order valence-corrected chi connectivity index (χ0v) is 12.1. The number of carbonyl (C=O) groups excluding carboxylic acids is 1. The Morgan fingerprint density at radius 2 is 2.30 bits per heavy atom. The predicted octanol–water partition coefficient (Wildman–Crippen LogP) is 1.92. The number of benzene rings is 1. The summed E-state index contributed by atoms with van der Waals surface area (Å²) in [7, 11) is 1.86. The molecule has 1 atom stereocenters. The monoisotopic (exact) mass is 274 g/mol. The van der Waals surface area contributed by atoms with Crippen molar-refractivity contribution in [2.24, 2.45) is 0 Å². The Balaban J connectivity index is 2.03. The molecule has 20 heavy (non-hydrogen) atoms. The van der Waals surface area contributed by atoms with Crippen molar-refractivity contribution in [1.82, 2.24) is 10.2 Å². The van der Waals surface area contributed by atoms with Gasteiger partial charge in [-0.05, 0) is 32.0 Å². The van der Waals surface area contributed by atoms with Gasteiger partial charge in [0.25, 0.3) is 0 Å². The Morgan fingerprint density at radius 1 is 1.50 bits per heavy atom. The average Bonchev–Trinajstić information content (AvgIpc) is 2.99. The smallest absolute Gasteiger partial charge is 0.246 e. The Kier molecular flexibility index (Phi) is 5.18. The van der Waals surface area contributed by atoms with E-state index in [2.05, 4.69) is 5.32 Å². The number of ether oxygens (including phenoxy) is 1.